The topological polar surface area (TPSA) is 138 Å². The SMILES string of the molecule is CNC1C(CN)CCCC1NS(=O)(=O)C(CN)CNC1CC(N2CC[C@@H](C)C2)CCN1. The third kappa shape index (κ3) is 6.60. The zero-order valence-electron chi connectivity index (χ0n) is 19.4. The molecule has 0 radical (unpaired) electrons. The summed E-state index contributed by atoms with van der Waals surface area (Å²) in [4.78, 5) is 2.60. The molecule has 0 aromatic carbocycles. The Morgan fingerprint density at radius 3 is 2.65 bits per heavy atom. The van der Waals surface area contributed by atoms with E-state index in [1.165, 1.54) is 19.5 Å². The van der Waals surface area contributed by atoms with Crippen LogP contribution in [0.1, 0.15) is 45.4 Å². The van der Waals surface area contributed by atoms with Gasteiger partial charge in [-0.3, -0.25) is 4.90 Å². The molecule has 9 nitrogen and oxygen atoms in total. The van der Waals surface area contributed by atoms with E-state index in [1.54, 1.807) is 0 Å². The Labute approximate surface area is 188 Å². The van der Waals surface area contributed by atoms with Crippen molar-refractivity contribution in [3.05, 3.63) is 0 Å². The van der Waals surface area contributed by atoms with Gasteiger partial charge in [-0.05, 0) is 70.6 Å². The van der Waals surface area contributed by atoms with Gasteiger partial charge in [0.25, 0.3) is 0 Å². The van der Waals surface area contributed by atoms with Crippen LogP contribution in [0.25, 0.3) is 0 Å². The first-order chi connectivity index (χ1) is 14.9. The molecule has 3 fully saturated rings. The van der Waals surface area contributed by atoms with Crippen molar-refractivity contribution in [2.24, 2.45) is 23.3 Å². The van der Waals surface area contributed by atoms with Crippen molar-refractivity contribution in [2.45, 2.75) is 75.0 Å². The molecule has 0 bridgehead atoms. The van der Waals surface area contributed by atoms with Crippen LogP contribution in [0, 0.1) is 11.8 Å². The van der Waals surface area contributed by atoms with Gasteiger partial charge in [0.15, 0.2) is 0 Å². The lowest BCUT2D eigenvalue weighted by molar-refractivity contribution is 0.159. The van der Waals surface area contributed by atoms with Gasteiger partial charge in [0.1, 0.15) is 5.25 Å². The van der Waals surface area contributed by atoms with Gasteiger partial charge in [-0.25, -0.2) is 13.1 Å². The highest BCUT2D eigenvalue weighted by Gasteiger charge is 2.36. The van der Waals surface area contributed by atoms with Crippen LogP contribution in [0.5, 0.6) is 0 Å². The van der Waals surface area contributed by atoms with E-state index in [9.17, 15) is 8.42 Å². The molecule has 31 heavy (non-hydrogen) atoms. The van der Waals surface area contributed by atoms with Crippen LogP contribution < -0.4 is 32.1 Å². The second kappa shape index (κ2) is 11.7. The van der Waals surface area contributed by atoms with Gasteiger partial charge in [0.2, 0.25) is 10.0 Å². The van der Waals surface area contributed by atoms with E-state index in [1.807, 2.05) is 7.05 Å². The Kier molecular flexibility index (Phi) is 9.54. The molecule has 0 aromatic heterocycles. The number of hydrogen-bond donors (Lipinski definition) is 6. The summed E-state index contributed by atoms with van der Waals surface area (Å²) in [7, 11) is -1.66. The molecule has 2 heterocycles. The predicted octanol–water partition coefficient (Wildman–Crippen LogP) is -1.04. The Balaban J connectivity index is 1.53. The van der Waals surface area contributed by atoms with Crippen LogP contribution in [0.2, 0.25) is 0 Å². The highest BCUT2D eigenvalue weighted by atomic mass is 32.2. The summed E-state index contributed by atoms with van der Waals surface area (Å²) in [6.07, 6.45) is 6.40. The van der Waals surface area contributed by atoms with Gasteiger partial charge >= 0.3 is 0 Å². The molecule has 1 aliphatic carbocycles. The normalized spacial score (nSPS) is 36.5. The maximum atomic E-state index is 13.1. The van der Waals surface area contributed by atoms with Gasteiger partial charge in [-0.2, -0.15) is 0 Å². The smallest absolute Gasteiger partial charge is 0.217 e. The largest absolute Gasteiger partial charge is 0.330 e. The van der Waals surface area contributed by atoms with Crippen molar-refractivity contribution < 1.29 is 8.42 Å². The molecule has 0 amide bonds. The summed E-state index contributed by atoms with van der Waals surface area (Å²) in [6.45, 7) is 6.65. The van der Waals surface area contributed by atoms with Gasteiger partial charge in [-0.15, -0.1) is 0 Å². The number of nitrogens with zero attached hydrogens (tertiary/aromatic N) is 1. The van der Waals surface area contributed by atoms with Crippen LogP contribution in [0.15, 0.2) is 0 Å². The van der Waals surface area contributed by atoms with E-state index in [4.69, 9.17) is 11.5 Å². The van der Waals surface area contributed by atoms with Crippen LogP contribution in [0.4, 0.5) is 0 Å². The predicted molar refractivity (Wildman–Crippen MR) is 126 cm³/mol. The van der Waals surface area contributed by atoms with Crippen molar-refractivity contribution in [3.8, 4) is 0 Å². The Hall–Kier alpha value is -0.330. The Bertz CT molecular complexity index is 650. The molecule has 2 saturated heterocycles. The fourth-order valence-corrected chi connectivity index (χ4v) is 7.16. The van der Waals surface area contributed by atoms with Crippen molar-refractivity contribution in [1.29, 1.82) is 0 Å². The lowest BCUT2D eigenvalue weighted by Crippen LogP contribution is -2.59. The zero-order valence-corrected chi connectivity index (χ0v) is 20.2. The number of nitrogens with one attached hydrogen (secondary N) is 4. The molecule has 3 rings (SSSR count). The van der Waals surface area contributed by atoms with E-state index in [0.717, 1.165) is 44.6 Å². The number of likely N-dealkylation sites (N-methyl/N-ethyl adjacent to an activating group) is 1. The molecule has 2 aliphatic heterocycles. The molecule has 6 unspecified atom stereocenters. The number of likely N-dealkylation sites (tertiary alicyclic amines) is 1. The summed E-state index contributed by atoms with van der Waals surface area (Å²) < 4.78 is 29.3. The van der Waals surface area contributed by atoms with Crippen molar-refractivity contribution >= 4 is 10.0 Å². The third-order valence-corrected chi connectivity index (χ3v) is 9.49. The highest BCUT2D eigenvalue weighted by molar-refractivity contribution is 7.90. The maximum absolute atomic E-state index is 13.1. The maximum Gasteiger partial charge on any atom is 0.217 e. The minimum absolute atomic E-state index is 0.0588. The Morgan fingerprint density at radius 1 is 1.19 bits per heavy atom. The van der Waals surface area contributed by atoms with Gasteiger partial charge in [0.05, 0.1) is 6.17 Å². The van der Waals surface area contributed by atoms with Crippen LogP contribution in [-0.2, 0) is 10.0 Å². The lowest BCUT2D eigenvalue weighted by Gasteiger charge is -2.39. The zero-order chi connectivity index (χ0) is 22.4. The van der Waals surface area contributed by atoms with Crippen molar-refractivity contribution in [1.82, 2.24) is 25.6 Å². The third-order valence-electron chi connectivity index (χ3n) is 7.62. The second-order valence-corrected chi connectivity index (χ2v) is 11.8. The first kappa shape index (κ1) is 25.3. The minimum Gasteiger partial charge on any atom is -0.330 e. The van der Waals surface area contributed by atoms with E-state index in [-0.39, 0.29) is 30.7 Å². The summed E-state index contributed by atoms with van der Waals surface area (Å²) in [5.41, 5.74) is 11.8. The average molecular weight is 460 g/mol. The molecular weight excluding hydrogens is 414 g/mol. The minimum atomic E-state index is -3.54. The van der Waals surface area contributed by atoms with Crippen molar-refractivity contribution in [3.63, 3.8) is 0 Å². The molecule has 10 heteroatoms. The summed E-state index contributed by atoms with van der Waals surface area (Å²) in [5.74, 6) is 1.07. The van der Waals surface area contributed by atoms with Crippen molar-refractivity contribution in [2.75, 3.05) is 46.3 Å². The molecule has 7 atom stereocenters. The van der Waals surface area contributed by atoms with Gasteiger partial charge in [-0.1, -0.05) is 13.3 Å². The summed E-state index contributed by atoms with van der Waals surface area (Å²) in [6, 6.07) is 0.491. The number of rotatable bonds is 10. The van der Waals surface area contributed by atoms with E-state index in [0.29, 0.717) is 19.1 Å². The van der Waals surface area contributed by atoms with Crippen LogP contribution in [-0.4, -0.2) is 89.2 Å². The average Bonchev–Trinajstić information content (AvgIpc) is 3.20. The number of piperidine rings is 1. The second-order valence-electron chi connectivity index (χ2n) is 9.85. The standard InChI is InChI=1S/C21H45N7O2S/c1-15-7-9-28(14-15)17-6-8-25-20(10-17)26-13-18(12-23)31(29,30)27-19-5-3-4-16(11-22)21(19)24-2/h15-21,24-27H,3-14,22-23H2,1-2H3/t15-,16?,17?,18?,19?,20?,21?/m1/s1. The highest BCUT2D eigenvalue weighted by Crippen LogP contribution is 2.25. The fourth-order valence-electron chi connectivity index (χ4n) is 5.71. The van der Waals surface area contributed by atoms with E-state index >= 15 is 0 Å². The first-order valence-corrected chi connectivity index (χ1v) is 13.7. The molecular formula is C21H45N7O2S. The molecule has 3 aliphatic rings. The van der Waals surface area contributed by atoms with Crippen LogP contribution in [0.3, 0.4) is 0 Å². The molecule has 0 spiro atoms. The molecule has 1 saturated carbocycles. The summed E-state index contributed by atoms with van der Waals surface area (Å²) in [5, 5.41) is 9.59. The molecule has 8 N–H and O–H groups in total. The van der Waals surface area contributed by atoms with E-state index < -0.39 is 15.3 Å². The first-order valence-electron chi connectivity index (χ1n) is 12.2. The number of nitrogens with two attached hydrogens (primary N) is 2. The van der Waals surface area contributed by atoms with Crippen LogP contribution >= 0.6 is 0 Å². The van der Waals surface area contributed by atoms with Gasteiger partial charge in [0, 0.05) is 37.8 Å². The van der Waals surface area contributed by atoms with Gasteiger partial charge < -0.3 is 27.4 Å². The van der Waals surface area contributed by atoms with E-state index in [2.05, 4.69) is 32.5 Å². The fraction of sp³-hybridized carbons (Fsp3) is 1.00. The molecule has 182 valence electrons. The quantitative estimate of drug-likeness (QED) is 0.244. The monoisotopic (exact) mass is 459 g/mol. The lowest BCUT2D eigenvalue weighted by atomic mass is 9.81. The Morgan fingerprint density at radius 2 is 2.00 bits per heavy atom. The summed E-state index contributed by atoms with van der Waals surface area (Å²) >= 11 is 0. The molecule has 0 aromatic rings. The number of hydrogen-bond acceptors (Lipinski definition) is 8. The number of sulfonamides is 1.